The number of nitrogens with zero attached hydrogens (tertiary/aromatic N) is 4. The van der Waals surface area contributed by atoms with Crippen molar-refractivity contribution < 1.29 is 18.7 Å². The van der Waals surface area contributed by atoms with Crippen LogP contribution in [0.4, 0.5) is 15.9 Å². The molecule has 0 fully saturated rings. The molecule has 10 heteroatoms. The maximum atomic E-state index is 13.2. The van der Waals surface area contributed by atoms with Gasteiger partial charge in [0.25, 0.3) is 0 Å². The van der Waals surface area contributed by atoms with Gasteiger partial charge < -0.3 is 20.0 Å². The fraction of sp³-hybridized carbons (Fsp3) is 0.120. The second-order valence-corrected chi connectivity index (χ2v) is 8.12. The lowest BCUT2D eigenvalue weighted by Crippen LogP contribution is -2.02. The van der Waals surface area contributed by atoms with E-state index >= 15 is 0 Å². The second kappa shape index (κ2) is 10.7. The largest absolute Gasteiger partial charge is 0.491 e. The van der Waals surface area contributed by atoms with Crippen LogP contribution >= 0.6 is 11.8 Å². The normalized spacial score (nSPS) is 10.5. The number of oxazole rings is 1. The summed E-state index contributed by atoms with van der Waals surface area (Å²) >= 11 is 1.24. The molecule has 4 aromatic rings. The molecule has 0 spiro atoms. The molecule has 0 atom stereocenters. The summed E-state index contributed by atoms with van der Waals surface area (Å²) in [6, 6.07) is 14.8. The monoisotopic (exact) mass is 487 g/mol. The number of halogens is 1. The molecule has 4 rings (SSSR count). The van der Waals surface area contributed by atoms with Crippen LogP contribution in [0.1, 0.15) is 11.3 Å². The first-order valence-electron chi connectivity index (χ1n) is 10.3. The van der Waals surface area contributed by atoms with E-state index in [1.165, 1.54) is 30.2 Å². The lowest BCUT2D eigenvalue weighted by molar-refractivity contribution is 0.201. The SMILES string of the molecule is [C-]#[N+]c1c(N)nc(SCc2coc(-c3ccc(F)cc3)n2)c(C#N)c1-c1ccc(OCCO)cc1. The second-order valence-electron chi connectivity index (χ2n) is 7.16. The van der Waals surface area contributed by atoms with Crippen molar-refractivity contribution in [3.8, 4) is 34.4 Å². The highest BCUT2D eigenvalue weighted by Gasteiger charge is 2.21. The molecular formula is C25H18FN5O3S. The number of benzene rings is 2. The molecule has 3 N–H and O–H groups in total. The average Bonchev–Trinajstić information content (AvgIpc) is 3.35. The average molecular weight is 488 g/mol. The van der Waals surface area contributed by atoms with Crippen LogP contribution in [0.25, 0.3) is 27.4 Å². The summed E-state index contributed by atoms with van der Waals surface area (Å²) in [6.45, 7) is 7.62. The number of hydrogen-bond acceptors (Lipinski definition) is 8. The predicted octanol–water partition coefficient (Wildman–Crippen LogP) is 5.21. The Labute approximate surface area is 204 Å². The van der Waals surface area contributed by atoms with Crippen molar-refractivity contribution >= 4 is 23.3 Å². The Bertz CT molecular complexity index is 1420. The summed E-state index contributed by atoms with van der Waals surface area (Å²) in [5.74, 6) is 0.891. The van der Waals surface area contributed by atoms with E-state index < -0.39 is 0 Å². The Morgan fingerprint density at radius 3 is 2.51 bits per heavy atom. The summed E-state index contributed by atoms with van der Waals surface area (Å²) in [4.78, 5) is 12.2. The minimum Gasteiger partial charge on any atom is -0.491 e. The minimum absolute atomic E-state index is 0.0178. The number of hydrogen-bond donors (Lipinski definition) is 2. The molecule has 2 aromatic carbocycles. The molecule has 2 heterocycles. The van der Waals surface area contributed by atoms with E-state index in [1.807, 2.05) is 0 Å². The van der Waals surface area contributed by atoms with Crippen LogP contribution in [0.15, 0.2) is 64.2 Å². The van der Waals surface area contributed by atoms with E-state index in [0.29, 0.717) is 44.8 Å². The molecule has 35 heavy (non-hydrogen) atoms. The summed E-state index contributed by atoms with van der Waals surface area (Å²) in [7, 11) is 0. The number of thioether (sulfide) groups is 1. The zero-order valence-corrected chi connectivity index (χ0v) is 19.1. The zero-order chi connectivity index (χ0) is 24.8. The van der Waals surface area contributed by atoms with Crippen LogP contribution in [0, 0.1) is 23.7 Å². The number of rotatable bonds is 8. The molecule has 0 saturated carbocycles. The van der Waals surface area contributed by atoms with Crippen molar-refractivity contribution in [3.63, 3.8) is 0 Å². The number of nitrogens with two attached hydrogens (primary N) is 1. The topological polar surface area (TPSA) is 123 Å². The minimum atomic E-state index is -0.352. The molecule has 2 aromatic heterocycles. The standard InChI is InChI=1S/C25H18FN5O3S/c1-29-22-21(15-4-8-19(9-5-15)33-11-10-32)20(12-27)25(31-23(22)28)35-14-18-13-34-24(30-18)16-2-6-17(26)7-3-16/h2-9,13,32H,10-11,14H2,(H2,28,31). The van der Waals surface area contributed by atoms with Gasteiger partial charge in [-0.3, -0.25) is 0 Å². The van der Waals surface area contributed by atoms with E-state index in [0.717, 1.165) is 0 Å². The van der Waals surface area contributed by atoms with Gasteiger partial charge in [0.2, 0.25) is 11.6 Å². The van der Waals surface area contributed by atoms with Crippen LogP contribution in [0.3, 0.4) is 0 Å². The number of ether oxygens (including phenoxy) is 1. The Hall–Kier alpha value is -4.38. The molecule has 0 radical (unpaired) electrons. The van der Waals surface area contributed by atoms with Gasteiger partial charge in [0.1, 0.15) is 41.3 Å². The smallest absolute Gasteiger partial charge is 0.236 e. The van der Waals surface area contributed by atoms with Crippen molar-refractivity contribution in [1.82, 2.24) is 9.97 Å². The number of nitrogen functional groups attached to an aromatic ring is 1. The fourth-order valence-corrected chi connectivity index (χ4v) is 4.17. The summed E-state index contributed by atoms with van der Waals surface area (Å²) in [6.07, 6.45) is 1.49. The molecule has 0 unspecified atom stereocenters. The van der Waals surface area contributed by atoms with Crippen LogP contribution in [-0.4, -0.2) is 28.3 Å². The summed E-state index contributed by atoms with van der Waals surface area (Å²) in [5.41, 5.74) is 8.63. The van der Waals surface area contributed by atoms with Crippen molar-refractivity contribution in [2.75, 3.05) is 18.9 Å². The number of aromatic nitrogens is 2. The van der Waals surface area contributed by atoms with Gasteiger partial charge in [0.15, 0.2) is 0 Å². The van der Waals surface area contributed by atoms with Crippen molar-refractivity contribution in [3.05, 3.63) is 83.3 Å². The van der Waals surface area contributed by atoms with Gasteiger partial charge in [0, 0.05) is 16.9 Å². The first-order chi connectivity index (χ1) is 17.0. The van der Waals surface area contributed by atoms with Crippen molar-refractivity contribution in [2.45, 2.75) is 10.8 Å². The van der Waals surface area contributed by atoms with Crippen molar-refractivity contribution in [1.29, 1.82) is 5.26 Å². The van der Waals surface area contributed by atoms with Gasteiger partial charge >= 0.3 is 0 Å². The number of anilines is 1. The molecule has 0 aliphatic carbocycles. The van der Waals surface area contributed by atoms with Gasteiger partial charge in [-0.25, -0.2) is 19.2 Å². The zero-order valence-electron chi connectivity index (χ0n) is 18.2. The molecule has 0 saturated heterocycles. The Balaban J connectivity index is 1.63. The van der Waals surface area contributed by atoms with E-state index in [2.05, 4.69) is 20.9 Å². The molecule has 0 aliphatic rings. The highest BCUT2D eigenvalue weighted by Crippen LogP contribution is 2.42. The Morgan fingerprint density at radius 1 is 1.14 bits per heavy atom. The summed E-state index contributed by atoms with van der Waals surface area (Å²) < 4.78 is 24.1. The van der Waals surface area contributed by atoms with E-state index in [-0.39, 0.29) is 36.1 Å². The number of aliphatic hydroxyl groups is 1. The fourth-order valence-electron chi connectivity index (χ4n) is 3.30. The first-order valence-corrected chi connectivity index (χ1v) is 11.3. The quantitative estimate of drug-likeness (QED) is 0.256. The highest BCUT2D eigenvalue weighted by molar-refractivity contribution is 7.98. The maximum Gasteiger partial charge on any atom is 0.236 e. The van der Waals surface area contributed by atoms with Gasteiger partial charge in [0.05, 0.1) is 24.4 Å². The van der Waals surface area contributed by atoms with Gasteiger partial charge in [-0.2, -0.15) is 5.26 Å². The van der Waals surface area contributed by atoms with E-state index in [4.69, 9.17) is 26.6 Å². The number of aliphatic hydroxyl groups excluding tert-OH is 1. The van der Waals surface area contributed by atoms with Crippen LogP contribution in [0.5, 0.6) is 5.75 Å². The third-order valence-corrected chi connectivity index (χ3v) is 5.90. The van der Waals surface area contributed by atoms with Gasteiger partial charge in [-0.05, 0) is 42.0 Å². The lowest BCUT2D eigenvalue weighted by Gasteiger charge is -2.13. The van der Waals surface area contributed by atoms with Crippen LogP contribution in [-0.2, 0) is 5.75 Å². The number of pyridine rings is 1. The van der Waals surface area contributed by atoms with Crippen LogP contribution in [0.2, 0.25) is 0 Å². The lowest BCUT2D eigenvalue weighted by atomic mass is 10.00. The molecular weight excluding hydrogens is 469 g/mol. The first kappa shape index (κ1) is 23.8. The van der Waals surface area contributed by atoms with E-state index in [9.17, 15) is 9.65 Å². The molecule has 174 valence electrons. The van der Waals surface area contributed by atoms with Crippen molar-refractivity contribution in [2.24, 2.45) is 0 Å². The predicted molar refractivity (Wildman–Crippen MR) is 129 cm³/mol. The van der Waals surface area contributed by atoms with Crippen LogP contribution < -0.4 is 10.5 Å². The third kappa shape index (κ3) is 5.25. The highest BCUT2D eigenvalue weighted by atomic mass is 32.2. The molecule has 0 bridgehead atoms. The third-order valence-electron chi connectivity index (χ3n) is 4.89. The molecule has 8 nitrogen and oxygen atoms in total. The summed E-state index contributed by atoms with van der Waals surface area (Å²) in [5, 5.41) is 19.2. The Kier molecular flexibility index (Phi) is 7.27. The van der Waals surface area contributed by atoms with Gasteiger partial charge in [-0.15, -0.1) is 0 Å². The molecule has 0 aliphatic heterocycles. The van der Waals surface area contributed by atoms with E-state index in [1.54, 1.807) is 36.4 Å². The number of nitriles is 1. The Morgan fingerprint density at radius 2 is 1.86 bits per heavy atom. The maximum absolute atomic E-state index is 13.2. The molecule has 0 amide bonds. The van der Waals surface area contributed by atoms with Gasteiger partial charge in [-0.1, -0.05) is 23.9 Å².